The van der Waals surface area contributed by atoms with Crippen LogP contribution in [0.2, 0.25) is 0 Å². The molecule has 1 aliphatic heterocycles. The molecule has 0 bridgehead atoms. The zero-order chi connectivity index (χ0) is 24.4. The van der Waals surface area contributed by atoms with E-state index >= 15 is 0 Å². The van der Waals surface area contributed by atoms with Crippen LogP contribution in [-0.4, -0.2) is 64.7 Å². The van der Waals surface area contributed by atoms with Gasteiger partial charge < -0.3 is 14.5 Å². The Balaban J connectivity index is 1.52. The van der Waals surface area contributed by atoms with E-state index in [4.69, 9.17) is 4.74 Å². The predicted molar refractivity (Wildman–Crippen MR) is 137 cm³/mol. The van der Waals surface area contributed by atoms with Gasteiger partial charge in [-0.25, -0.2) is 0 Å². The van der Waals surface area contributed by atoms with E-state index in [2.05, 4.69) is 39.3 Å². The molecule has 3 heterocycles. The number of carbonyl (C=O) groups excluding carboxylic acids is 1. The molecule has 1 fully saturated rings. The number of fused-ring (bicyclic) bond motifs is 1. The van der Waals surface area contributed by atoms with Gasteiger partial charge in [0.15, 0.2) is 0 Å². The molecule has 1 saturated heterocycles. The van der Waals surface area contributed by atoms with Crippen LogP contribution in [0.1, 0.15) is 35.3 Å². The standard InChI is InChI=1S/C28H31N5O2/c1-4-35-25-14-20(10-11-23(25)19-8-6-5-7-9-19)28(34)33(3)27(21-12-13-32(2)18-21)24-17-29-15-22-16-30-31-26(22)24/h5-11,14-17,21,27H,4,12-13,18H2,1-3H3,(H,30,31)/t21-,27+/m0/s1. The molecule has 5 rings (SSSR count). The van der Waals surface area contributed by atoms with Crippen molar-refractivity contribution in [1.29, 1.82) is 0 Å². The molecule has 1 amide bonds. The van der Waals surface area contributed by atoms with Gasteiger partial charge in [0, 0.05) is 48.1 Å². The van der Waals surface area contributed by atoms with Gasteiger partial charge in [-0.3, -0.25) is 14.9 Å². The molecule has 2 atom stereocenters. The highest BCUT2D eigenvalue weighted by molar-refractivity contribution is 5.96. The fourth-order valence-electron chi connectivity index (χ4n) is 5.23. The van der Waals surface area contributed by atoms with Gasteiger partial charge in [-0.2, -0.15) is 5.10 Å². The highest BCUT2D eigenvalue weighted by atomic mass is 16.5. The summed E-state index contributed by atoms with van der Waals surface area (Å²) in [5, 5.41) is 8.30. The van der Waals surface area contributed by atoms with Crippen LogP contribution in [0.5, 0.6) is 5.75 Å². The first-order valence-electron chi connectivity index (χ1n) is 12.1. The number of benzene rings is 2. The molecular formula is C28H31N5O2. The first-order valence-corrected chi connectivity index (χ1v) is 12.1. The van der Waals surface area contributed by atoms with Crippen LogP contribution in [0.3, 0.4) is 0 Å². The van der Waals surface area contributed by atoms with Crippen molar-refractivity contribution < 1.29 is 9.53 Å². The third kappa shape index (κ3) is 4.51. The number of likely N-dealkylation sites (tertiary alicyclic amines) is 1. The second kappa shape index (κ2) is 9.88. The Morgan fingerprint density at radius 2 is 2.03 bits per heavy atom. The predicted octanol–water partition coefficient (Wildman–Crippen LogP) is 4.79. The van der Waals surface area contributed by atoms with Crippen LogP contribution in [0.15, 0.2) is 67.1 Å². The van der Waals surface area contributed by atoms with E-state index in [1.54, 1.807) is 12.4 Å². The molecular weight excluding hydrogens is 438 g/mol. The molecule has 1 N–H and O–H groups in total. The summed E-state index contributed by atoms with van der Waals surface area (Å²) < 4.78 is 5.97. The summed E-state index contributed by atoms with van der Waals surface area (Å²) in [5.74, 6) is 0.966. The van der Waals surface area contributed by atoms with Crippen LogP contribution < -0.4 is 4.74 Å². The maximum Gasteiger partial charge on any atom is 0.254 e. The first kappa shape index (κ1) is 23.1. The van der Waals surface area contributed by atoms with Gasteiger partial charge in [0.2, 0.25) is 0 Å². The van der Waals surface area contributed by atoms with E-state index in [1.165, 1.54) is 0 Å². The number of ether oxygens (including phenoxy) is 1. The Bertz CT molecular complexity index is 1320. The third-order valence-electron chi connectivity index (χ3n) is 6.93. The van der Waals surface area contributed by atoms with Crippen LogP contribution in [0.4, 0.5) is 0 Å². The molecule has 7 nitrogen and oxygen atoms in total. The Morgan fingerprint density at radius 1 is 1.20 bits per heavy atom. The SMILES string of the molecule is CCOc1cc(C(=O)N(C)[C@@H](c2cncc3cn[nH]c23)[C@H]2CCN(C)C2)ccc1-c1ccccc1. The molecule has 7 heteroatoms. The van der Waals surface area contributed by atoms with Crippen molar-refractivity contribution in [1.82, 2.24) is 25.0 Å². The summed E-state index contributed by atoms with van der Waals surface area (Å²) in [4.78, 5) is 22.5. The van der Waals surface area contributed by atoms with Gasteiger partial charge in [0.1, 0.15) is 5.75 Å². The number of aromatic nitrogens is 3. The van der Waals surface area contributed by atoms with E-state index in [9.17, 15) is 4.79 Å². The van der Waals surface area contributed by atoms with Gasteiger partial charge in [-0.1, -0.05) is 30.3 Å². The number of aromatic amines is 1. The lowest BCUT2D eigenvalue weighted by molar-refractivity contribution is 0.0674. The molecule has 180 valence electrons. The van der Waals surface area contributed by atoms with E-state index in [1.807, 2.05) is 61.5 Å². The lowest BCUT2D eigenvalue weighted by atomic mass is 9.90. The maximum atomic E-state index is 13.9. The van der Waals surface area contributed by atoms with Crippen molar-refractivity contribution in [3.05, 3.63) is 78.2 Å². The monoisotopic (exact) mass is 469 g/mol. The summed E-state index contributed by atoms with van der Waals surface area (Å²) >= 11 is 0. The van der Waals surface area contributed by atoms with E-state index in [0.29, 0.717) is 23.8 Å². The van der Waals surface area contributed by atoms with Gasteiger partial charge in [-0.05, 0) is 56.6 Å². The Morgan fingerprint density at radius 3 is 2.77 bits per heavy atom. The second-order valence-corrected chi connectivity index (χ2v) is 9.24. The quantitative estimate of drug-likeness (QED) is 0.421. The van der Waals surface area contributed by atoms with E-state index in [-0.39, 0.29) is 11.9 Å². The second-order valence-electron chi connectivity index (χ2n) is 9.24. The highest BCUT2D eigenvalue weighted by Crippen LogP contribution is 2.38. The van der Waals surface area contributed by atoms with Crippen molar-refractivity contribution in [3.8, 4) is 16.9 Å². The molecule has 0 aliphatic carbocycles. The number of hydrogen-bond donors (Lipinski definition) is 1. The Labute approximate surface area is 205 Å². The molecule has 35 heavy (non-hydrogen) atoms. The van der Waals surface area contributed by atoms with Crippen LogP contribution >= 0.6 is 0 Å². The van der Waals surface area contributed by atoms with E-state index in [0.717, 1.165) is 47.1 Å². The minimum Gasteiger partial charge on any atom is -0.493 e. The molecule has 0 radical (unpaired) electrons. The number of nitrogens with one attached hydrogen (secondary N) is 1. The smallest absolute Gasteiger partial charge is 0.254 e. The number of amides is 1. The number of hydrogen-bond acceptors (Lipinski definition) is 5. The largest absolute Gasteiger partial charge is 0.493 e. The summed E-state index contributed by atoms with van der Waals surface area (Å²) in [7, 11) is 4.02. The maximum absolute atomic E-state index is 13.9. The molecule has 2 aromatic carbocycles. The summed E-state index contributed by atoms with van der Waals surface area (Å²) in [6.45, 7) is 4.41. The molecule has 1 aliphatic rings. The van der Waals surface area contributed by atoms with E-state index < -0.39 is 0 Å². The van der Waals surface area contributed by atoms with Crippen LogP contribution in [0, 0.1) is 5.92 Å². The zero-order valence-electron chi connectivity index (χ0n) is 20.4. The van der Waals surface area contributed by atoms with Crippen LogP contribution in [-0.2, 0) is 0 Å². The molecule has 0 unspecified atom stereocenters. The van der Waals surface area contributed by atoms with Crippen molar-refractivity contribution >= 4 is 16.8 Å². The minimum absolute atomic E-state index is 0.0402. The summed E-state index contributed by atoms with van der Waals surface area (Å²) in [6, 6.07) is 15.7. The van der Waals surface area contributed by atoms with Gasteiger partial charge in [0.25, 0.3) is 5.91 Å². The number of nitrogens with zero attached hydrogens (tertiary/aromatic N) is 4. The van der Waals surface area contributed by atoms with Gasteiger partial charge >= 0.3 is 0 Å². The van der Waals surface area contributed by atoms with Gasteiger partial charge in [-0.15, -0.1) is 0 Å². The fourth-order valence-corrected chi connectivity index (χ4v) is 5.23. The number of rotatable bonds is 7. The number of pyridine rings is 1. The third-order valence-corrected chi connectivity index (χ3v) is 6.93. The van der Waals surface area contributed by atoms with Crippen molar-refractivity contribution in [2.24, 2.45) is 5.92 Å². The fraction of sp³-hybridized carbons (Fsp3) is 0.321. The Hall–Kier alpha value is -3.71. The zero-order valence-corrected chi connectivity index (χ0v) is 20.4. The normalized spacial score (nSPS) is 16.9. The van der Waals surface area contributed by atoms with Crippen molar-refractivity contribution in [2.75, 3.05) is 33.8 Å². The lowest BCUT2D eigenvalue weighted by Gasteiger charge is -2.33. The van der Waals surface area contributed by atoms with Crippen molar-refractivity contribution in [3.63, 3.8) is 0 Å². The molecule has 0 saturated carbocycles. The minimum atomic E-state index is -0.131. The van der Waals surface area contributed by atoms with Crippen molar-refractivity contribution in [2.45, 2.75) is 19.4 Å². The summed E-state index contributed by atoms with van der Waals surface area (Å²) in [6.07, 6.45) is 6.47. The van der Waals surface area contributed by atoms with Gasteiger partial charge in [0.05, 0.1) is 24.4 Å². The molecule has 2 aromatic heterocycles. The highest BCUT2D eigenvalue weighted by Gasteiger charge is 2.35. The number of carbonyl (C=O) groups is 1. The summed E-state index contributed by atoms with van der Waals surface area (Å²) in [5.41, 5.74) is 4.59. The number of H-pyrrole nitrogens is 1. The topological polar surface area (TPSA) is 74.3 Å². The molecule has 0 spiro atoms. The Kier molecular flexibility index (Phi) is 6.51. The average Bonchev–Trinajstić information content (AvgIpc) is 3.54. The lowest BCUT2D eigenvalue weighted by Crippen LogP contribution is -2.36. The first-order chi connectivity index (χ1) is 17.1. The molecule has 4 aromatic rings. The average molecular weight is 470 g/mol. The van der Waals surface area contributed by atoms with Crippen LogP contribution in [0.25, 0.3) is 22.0 Å².